The molecule has 0 saturated carbocycles. The second-order valence-corrected chi connectivity index (χ2v) is 8.56. The van der Waals surface area contributed by atoms with E-state index >= 15 is 0 Å². The number of hydrogen-bond donors (Lipinski definition) is 0. The molecule has 0 spiro atoms. The molecule has 0 saturated heterocycles. The van der Waals surface area contributed by atoms with E-state index in [-0.39, 0.29) is 18.1 Å². The number of amides is 1. The Hall–Kier alpha value is -3.16. The quantitative estimate of drug-likeness (QED) is 0.373. The molecule has 2 heterocycles. The van der Waals surface area contributed by atoms with Gasteiger partial charge in [0.15, 0.2) is 5.75 Å². The van der Waals surface area contributed by atoms with Gasteiger partial charge >= 0.3 is 0 Å². The number of pyridine rings is 1. The largest absolute Gasteiger partial charge is 0.489 e. The van der Waals surface area contributed by atoms with Crippen LogP contribution < -0.4 is 10.3 Å². The van der Waals surface area contributed by atoms with Crippen molar-refractivity contribution >= 4 is 38.2 Å². The van der Waals surface area contributed by atoms with E-state index in [1.54, 1.807) is 23.6 Å². The second kappa shape index (κ2) is 9.54. The van der Waals surface area contributed by atoms with Gasteiger partial charge in [-0.1, -0.05) is 48.5 Å². The van der Waals surface area contributed by atoms with Gasteiger partial charge in [-0.3, -0.25) is 9.59 Å². The Balaban J connectivity index is 1.83. The van der Waals surface area contributed by atoms with Crippen LogP contribution in [0.5, 0.6) is 5.75 Å². The Kier molecular flexibility index (Phi) is 6.58. The summed E-state index contributed by atoms with van der Waals surface area (Å²) >= 11 is 1.32. The number of aromatic nitrogens is 1. The van der Waals surface area contributed by atoms with Crippen LogP contribution in [0.4, 0.5) is 0 Å². The van der Waals surface area contributed by atoms with Crippen molar-refractivity contribution < 1.29 is 14.3 Å². The fraction of sp³-hybridized carbons (Fsp3) is 0.280. The van der Waals surface area contributed by atoms with Crippen molar-refractivity contribution in [2.75, 3.05) is 26.9 Å². The van der Waals surface area contributed by atoms with Gasteiger partial charge in [0.1, 0.15) is 16.9 Å². The van der Waals surface area contributed by atoms with E-state index in [2.05, 4.69) is 0 Å². The lowest BCUT2D eigenvalue weighted by molar-refractivity contribution is 0.0780. The summed E-state index contributed by atoms with van der Waals surface area (Å²) in [6.45, 7) is 3.60. The van der Waals surface area contributed by atoms with Crippen LogP contribution >= 0.6 is 11.3 Å². The van der Waals surface area contributed by atoms with Gasteiger partial charge in [-0.05, 0) is 18.6 Å². The molecule has 0 aliphatic rings. The molecule has 0 aliphatic carbocycles. The minimum absolute atomic E-state index is 0.174. The van der Waals surface area contributed by atoms with E-state index in [0.717, 1.165) is 21.2 Å². The zero-order valence-corrected chi connectivity index (χ0v) is 19.3. The highest BCUT2D eigenvalue weighted by molar-refractivity contribution is 7.22. The highest BCUT2D eigenvalue weighted by Crippen LogP contribution is 2.40. The molecule has 0 aliphatic heterocycles. The molecule has 0 radical (unpaired) electrons. The normalized spacial score (nSPS) is 11.2. The third-order valence-electron chi connectivity index (χ3n) is 5.37. The molecule has 0 bridgehead atoms. The van der Waals surface area contributed by atoms with Gasteiger partial charge in [-0.25, -0.2) is 0 Å². The van der Waals surface area contributed by atoms with E-state index in [1.807, 2.05) is 61.5 Å². The van der Waals surface area contributed by atoms with Crippen LogP contribution in [0, 0.1) is 0 Å². The average molecular weight is 451 g/mol. The third kappa shape index (κ3) is 4.13. The summed E-state index contributed by atoms with van der Waals surface area (Å²) in [7, 11) is 3.51. The lowest BCUT2D eigenvalue weighted by atomic mass is 10.1. The van der Waals surface area contributed by atoms with Crippen molar-refractivity contribution in [1.82, 2.24) is 9.47 Å². The molecule has 2 aromatic heterocycles. The molecule has 0 fully saturated rings. The lowest BCUT2D eigenvalue weighted by Gasteiger charge is -2.17. The third-order valence-corrected chi connectivity index (χ3v) is 6.57. The number of carbonyl (C=O) groups excluding carboxylic acids is 1. The molecular weight excluding hydrogens is 424 g/mol. The van der Waals surface area contributed by atoms with Gasteiger partial charge in [0.05, 0.1) is 16.8 Å². The summed E-state index contributed by atoms with van der Waals surface area (Å²) in [6.07, 6.45) is 0. The highest BCUT2D eigenvalue weighted by atomic mass is 32.1. The SMILES string of the molecule is CCOCCOc1c(C(=O)N(C)Cc2ccccc2)sc2c1c(=O)n(C)c1ccccc21. The lowest BCUT2D eigenvalue weighted by Crippen LogP contribution is -2.26. The van der Waals surface area contributed by atoms with Gasteiger partial charge in [-0.15, -0.1) is 11.3 Å². The number of nitrogens with zero attached hydrogens (tertiary/aromatic N) is 2. The number of aryl methyl sites for hydroxylation is 1. The smallest absolute Gasteiger partial charge is 0.267 e. The molecule has 0 unspecified atom stereocenters. The van der Waals surface area contributed by atoms with Gasteiger partial charge in [0.25, 0.3) is 11.5 Å². The Bertz CT molecular complexity index is 1310. The van der Waals surface area contributed by atoms with Crippen molar-refractivity contribution in [2.24, 2.45) is 7.05 Å². The van der Waals surface area contributed by atoms with Crippen molar-refractivity contribution in [3.05, 3.63) is 75.4 Å². The Morgan fingerprint density at radius 1 is 1.06 bits per heavy atom. The predicted molar refractivity (Wildman–Crippen MR) is 129 cm³/mol. The summed E-state index contributed by atoms with van der Waals surface area (Å²) in [5, 5.41) is 1.37. The number of thiophene rings is 1. The highest BCUT2D eigenvalue weighted by Gasteiger charge is 2.26. The summed E-state index contributed by atoms with van der Waals surface area (Å²) in [6, 6.07) is 17.5. The minimum Gasteiger partial charge on any atom is -0.489 e. The van der Waals surface area contributed by atoms with Gasteiger partial charge in [0.2, 0.25) is 0 Å². The first kappa shape index (κ1) is 22.0. The van der Waals surface area contributed by atoms with Crippen LogP contribution in [0.2, 0.25) is 0 Å². The monoisotopic (exact) mass is 450 g/mol. The second-order valence-electron chi connectivity index (χ2n) is 7.54. The number of rotatable bonds is 8. The first-order valence-electron chi connectivity index (χ1n) is 10.6. The topological polar surface area (TPSA) is 60.8 Å². The number of para-hydroxylation sites is 1. The maximum Gasteiger partial charge on any atom is 0.267 e. The Morgan fingerprint density at radius 3 is 2.53 bits per heavy atom. The molecule has 2 aromatic carbocycles. The van der Waals surface area contributed by atoms with E-state index in [4.69, 9.17) is 9.47 Å². The minimum atomic E-state index is -0.175. The van der Waals surface area contributed by atoms with E-state index in [0.29, 0.717) is 35.8 Å². The fourth-order valence-electron chi connectivity index (χ4n) is 3.76. The van der Waals surface area contributed by atoms with Crippen molar-refractivity contribution in [2.45, 2.75) is 13.5 Å². The van der Waals surface area contributed by atoms with Crippen LogP contribution in [-0.2, 0) is 18.3 Å². The molecule has 166 valence electrons. The van der Waals surface area contributed by atoms with Gasteiger partial charge < -0.3 is 18.9 Å². The standard InChI is InChI=1S/C25H26N2O4S/c1-4-30-14-15-31-21-20-22(18-12-8-9-13-19(18)27(3)24(20)28)32-23(21)25(29)26(2)16-17-10-6-5-7-11-17/h5-13H,4,14-16H2,1-3H3. The molecule has 7 heteroatoms. The maximum atomic E-state index is 13.5. The first-order chi connectivity index (χ1) is 15.5. The Labute approximate surface area is 190 Å². The van der Waals surface area contributed by atoms with Crippen LogP contribution in [0.15, 0.2) is 59.4 Å². The fourth-order valence-corrected chi connectivity index (χ4v) is 5.03. The molecular formula is C25H26N2O4S. The zero-order valence-electron chi connectivity index (χ0n) is 18.5. The number of ether oxygens (including phenoxy) is 2. The predicted octanol–water partition coefficient (Wildman–Crippen LogP) is 4.44. The van der Waals surface area contributed by atoms with E-state index in [9.17, 15) is 9.59 Å². The molecule has 32 heavy (non-hydrogen) atoms. The van der Waals surface area contributed by atoms with Crippen LogP contribution in [0.3, 0.4) is 0 Å². The number of hydrogen-bond acceptors (Lipinski definition) is 5. The van der Waals surface area contributed by atoms with Gasteiger partial charge in [-0.2, -0.15) is 0 Å². The molecule has 4 aromatic rings. The maximum absolute atomic E-state index is 13.5. The Morgan fingerprint density at radius 2 is 1.78 bits per heavy atom. The number of benzene rings is 2. The number of carbonyl (C=O) groups is 1. The van der Waals surface area contributed by atoms with Crippen LogP contribution in [0.25, 0.3) is 21.0 Å². The summed E-state index contributed by atoms with van der Waals surface area (Å²) in [5.74, 6) is 0.175. The summed E-state index contributed by atoms with van der Waals surface area (Å²) in [5.41, 5.74) is 1.68. The first-order valence-corrected chi connectivity index (χ1v) is 11.4. The molecule has 4 rings (SSSR count). The summed E-state index contributed by atoms with van der Waals surface area (Å²) in [4.78, 5) is 28.8. The summed E-state index contributed by atoms with van der Waals surface area (Å²) < 4.78 is 13.8. The average Bonchev–Trinajstić information content (AvgIpc) is 3.20. The van der Waals surface area contributed by atoms with Crippen molar-refractivity contribution in [3.8, 4) is 5.75 Å². The molecule has 0 atom stereocenters. The molecule has 6 nitrogen and oxygen atoms in total. The van der Waals surface area contributed by atoms with Gasteiger partial charge in [0, 0.05) is 32.6 Å². The zero-order chi connectivity index (χ0) is 22.7. The van der Waals surface area contributed by atoms with E-state index < -0.39 is 0 Å². The van der Waals surface area contributed by atoms with E-state index in [1.165, 1.54) is 11.3 Å². The van der Waals surface area contributed by atoms with Crippen molar-refractivity contribution in [3.63, 3.8) is 0 Å². The molecule has 1 amide bonds. The van der Waals surface area contributed by atoms with Crippen molar-refractivity contribution in [1.29, 1.82) is 0 Å². The van der Waals surface area contributed by atoms with Crippen LogP contribution in [0.1, 0.15) is 22.2 Å². The van der Waals surface area contributed by atoms with Crippen LogP contribution in [-0.4, -0.2) is 42.2 Å². The number of fused-ring (bicyclic) bond motifs is 3. The molecule has 0 N–H and O–H groups in total.